The summed E-state index contributed by atoms with van der Waals surface area (Å²) < 4.78 is 26.2. The number of halogens is 2. The van der Waals surface area contributed by atoms with Gasteiger partial charge in [0.2, 0.25) is 0 Å². The molecule has 0 aliphatic rings. The Kier molecular flexibility index (Phi) is 5.78. The monoisotopic (exact) mass is 300 g/mol. The second-order valence-corrected chi connectivity index (χ2v) is 4.95. The van der Waals surface area contributed by atoms with Crippen LogP contribution in [0.15, 0.2) is 12.1 Å². The Morgan fingerprint density at radius 3 is 2.24 bits per heavy atom. The highest BCUT2D eigenvalue weighted by Crippen LogP contribution is 2.15. The van der Waals surface area contributed by atoms with Crippen LogP contribution in [0, 0.1) is 11.6 Å². The van der Waals surface area contributed by atoms with Crippen LogP contribution in [0.25, 0.3) is 0 Å². The first-order valence-electron chi connectivity index (χ1n) is 6.44. The highest BCUT2D eigenvalue weighted by molar-refractivity contribution is 6.04. The Hall–Kier alpha value is -2.02. The number of amides is 1. The molecule has 1 aromatic rings. The van der Waals surface area contributed by atoms with E-state index in [1.54, 1.807) is 0 Å². The van der Waals surface area contributed by atoms with Crippen molar-refractivity contribution in [1.82, 2.24) is 10.2 Å². The molecule has 0 saturated carbocycles. The minimum Gasteiger partial charge on any atom is -0.478 e. The van der Waals surface area contributed by atoms with E-state index in [1.807, 2.05) is 25.8 Å². The second kappa shape index (κ2) is 7.12. The minimum atomic E-state index is -1.49. The Morgan fingerprint density at radius 1 is 1.24 bits per heavy atom. The molecule has 0 bridgehead atoms. The van der Waals surface area contributed by atoms with Crippen LogP contribution in [-0.2, 0) is 0 Å². The van der Waals surface area contributed by atoms with E-state index in [0.717, 1.165) is 0 Å². The number of hydrogen-bond acceptors (Lipinski definition) is 3. The molecule has 0 atom stereocenters. The van der Waals surface area contributed by atoms with Crippen molar-refractivity contribution in [2.75, 3.05) is 20.1 Å². The summed E-state index contributed by atoms with van der Waals surface area (Å²) in [6.45, 7) is 4.79. The molecular weight excluding hydrogens is 282 g/mol. The van der Waals surface area contributed by atoms with Gasteiger partial charge in [0.1, 0.15) is 0 Å². The van der Waals surface area contributed by atoms with Crippen molar-refractivity contribution < 1.29 is 23.5 Å². The van der Waals surface area contributed by atoms with Gasteiger partial charge in [-0.2, -0.15) is 0 Å². The molecule has 0 spiro atoms. The lowest BCUT2D eigenvalue weighted by molar-refractivity contribution is 0.0690. The van der Waals surface area contributed by atoms with Crippen molar-refractivity contribution in [3.8, 4) is 0 Å². The van der Waals surface area contributed by atoms with Crippen LogP contribution in [0.4, 0.5) is 8.78 Å². The Morgan fingerprint density at radius 2 is 1.76 bits per heavy atom. The van der Waals surface area contributed by atoms with Crippen LogP contribution in [0.2, 0.25) is 0 Å². The topological polar surface area (TPSA) is 69.6 Å². The largest absolute Gasteiger partial charge is 0.478 e. The number of carbonyl (C=O) groups excluding carboxylic acids is 1. The maximum absolute atomic E-state index is 13.2. The van der Waals surface area contributed by atoms with E-state index in [9.17, 15) is 18.4 Å². The van der Waals surface area contributed by atoms with Crippen LogP contribution in [0.3, 0.4) is 0 Å². The SMILES string of the molecule is CC(C)N(C)CCNC(=O)c1cc(F)c(F)cc1C(=O)O. The summed E-state index contributed by atoms with van der Waals surface area (Å²) in [4.78, 5) is 24.9. The predicted molar refractivity (Wildman–Crippen MR) is 73.4 cm³/mol. The summed E-state index contributed by atoms with van der Waals surface area (Å²) in [5, 5.41) is 11.4. The highest BCUT2D eigenvalue weighted by atomic mass is 19.2. The van der Waals surface area contributed by atoms with Gasteiger partial charge in [-0.05, 0) is 33.0 Å². The van der Waals surface area contributed by atoms with Gasteiger partial charge < -0.3 is 15.3 Å². The normalized spacial score (nSPS) is 11.0. The lowest BCUT2D eigenvalue weighted by atomic mass is 10.1. The summed E-state index contributed by atoms with van der Waals surface area (Å²) >= 11 is 0. The zero-order chi connectivity index (χ0) is 16.2. The van der Waals surface area contributed by atoms with E-state index >= 15 is 0 Å². The quantitative estimate of drug-likeness (QED) is 0.839. The van der Waals surface area contributed by atoms with Gasteiger partial charge in [-0.1, -0.05) is 0 Å². The van der Waals surface area contributed by atoms with E-state index in [2.05, 4.69) is 5.32 Å². The number of hydrogen-bond donors (Lipinski definition) is 2. The number of carbonyl (C=O) groups is 2. The third-order valence-corrected chi connectivity index (χ3v) is 3.17. The van der Waals surface area contributed by atoms with E-state index in [0.29, 0.717) is 24.7 Å². The van der Waals surface area contributed by atoms with Gasteiger partial charge in [-0.25, -0.2) is 13.6 Å². The Labute approximate surface area is 121 Å². The highest BCUT2D eigenvalue weighted by Gasteiger charge is 2.20. The van der Waals surface area contributed by atoms with Gasteiger partial charge in [-0.3, -0.25) is 4.79 Å². The molecule has 0 heterocycles. The van der Waals surface area contributed by atoms with Crippen LogP contribution in [0.1, 0.15) is 34.6 Å². The van der Waals surface area contributed by atoms with Crippen molar-refractivity contribution in [1.29, 1.82) is 0 Å². The molecule has 0 saturated heterocycles. The third-order valence-electron chi connectivity index (χ3n) is 3.17. The molecule has 0 aliphatic heterocycles. The smallest absolute Gasteiger partial charge is 0.336 e. The average molecular weight is 300 g/mol. The van der Waals surface area contributed by atoms with Crippen LogP contribution in [0.5, 0.6) is 0 Å². The van der Waals surface area contributed by atoms with E-state index in [-0.39, 0.29) is 6.54 Å². The summed E-state index contributed by atoms with van der Waals surface area (Å²) in [5.74, 6) is -4.80. The van der Waals surface area contributed by atoms with Gasteiger partial charge in [0, 0.05) is 19.1 Å². The van der Waals surface area contributed by atoms with Gasteiger partial charge in [0.25, 0.3) is 5.91 Å². The molecule has 1 amide bonds. The van der Waals surface area contributed by atoms with E-state index in [1.165, 1.54) is 0 Å². The average Bonchev–Trinajstić information content (AvgIpc) is 2.40. The molecule has 0 unspecified atom stereocenters. The molecule has 21 heavy (non-hydrogen) atoms. The second-order valence-electron chi connectivity index (χ2n) is 4.95. The third kappa shape index (κ3) is 4.49. The first kappa shape index (κ1) is 17.0. The molecule has 0 aliphatic carbocycles. The standard InChI is InChI=1S/C14H18F2N2O3/c1-8(2)18(3)5-4-17-13(19)9-6-11(15)12(16)7-10(9)14(20)21/h6-8H,4-5H2,1-3H3,(H,17,19)(H,20,21). The van der Waals surface area contributed by atoms with E-state index in [4.69, 9.17) is 5.11 Å². The lowest BCUT2D eigenvalue weighted by Gasteiger charge is -2.21. The lowest BCUT2D eigenvalue weighted by Crippen LogP contribution is -2.36. The zero-order valence-electron chi connectivity index (χ0n) is 12.1. The predicted octanol–water partition coefficient (Wildman–Crippen LogP) is 1.73. The minimum absolute atomic E-state index is 0.269. The fourth-order valence-corrected chi connectivity index (χ4v) is 1.61. The summed E-state index contributed by atoms with van der Waals surface area (Å²) in [7, 11) is 1.87. The molecule has 0 radical (unpaired) electrons. The molecule has 5 nitrogen and oxygen atoms in total. The van der Waals surface area contributed by atoms with Crippen molar-refractivity contribution in [3.05, 3.63) is 34.9 Å². The molecule has 116 valence electrons. The van der Waals surface area contributed by atoms with Crippen molar-refractivity contribution in [2.24, 2.45) is 0 Å². The van der Waals surface area contributed by atoms with Crippen LogP contribution >= 0.6 is 0 Å². The van der Waals surface area contributed by atoms with Crippen LogP contribution in [-0.4, -0.2) is 48.1 Å². The van der Waals surface area contributed by atoms with Gasteiger partial charge in [0.05, 0.1) is 11.1 Å². The molecule has 2 N–H and O–H groups in total. The molecule has 0 aromatic heterocycles. The first-order chi connectivity index (χ1) is 9.73. The van der Waals surface area contributed by atoms with E-state index < -0.39 is 34.6 Å². The van der Waals surface area contributed by atoms with Crippen molar-refractivity contribution >= 4 is 11.9 Å². The zero-order valence-corrected chi connectivity index (χ0v) is 12.1. The molecular formula is C14H18F2N2O3. The van der Waals surface area contributed by atoms with Crippen LogP contribution < -0.4 is 5.32 Å². The van der Waals surface area contributed by atoms with Crippen molar-refractivity contribution in [2.45, 2.75) is 19.9 Å². The number of likely N-dealkylation sites (N-methyl/N-ethyl adjacent to an activating group) is 1. The molecule has 7 heteroatoms. The number of nitrogens with one attached hydrogen (secondary N) is 1. The number of rotatable bonds is 6. The summed E-state index contributed by atoms with van der Waals surface area (Å²) in [6.07, 6.45) is 0. The summed E-state index contributed by atoms with van der Waals surface area (Å²) in [5.41, 5.74) is -0.961. The maximum atomic E-state index is 13.2. The Balaban J connectivity index is 2.83. The van der Waals surface area contributed by atoms with Crippen molar-refractivity contribution in [3.63, 3.8) is 0 Å². The molecule has 1 rings (SSSR count). The Bertz CT molecular complexity index is 547. The fourth-order valence-electron chi connectivity index (χ4n) is 1.61. The number of nitrogens with zero attached hydrogens (tertiary/aromatic N) is 1. The number of aromatic carboxylic acids is 1. The first-order valence-corrected chi connectivity index (χ1v) is 6.44. The van der Waals surface area contributed by atoms with Gasteiger partial charge in [0.15, 0.2) is 11.6 Å². The number of benzene rings is 1. The molecule has 1 aromatic carbocycles. The number of carboxylic acid groups (broad SMARTS) is 1. The fraction of sp³-hybridized carbons (Fsp3) is 0.429. The summed E-state index contributed by atoms with van der Waals surface area (Å²) in [6, 6.07) is 1.40. The number of carboxylic acids is 1. The van der Waals surface area contributed by atoms with Gasteiger partial charge >= 0.3 is 5.97 Å². The molecule has 0 fully saturated rings. The van der Waals surface area contributed by atoms with Gasteiger partial charge in [-0.15, -0.1) is 0 Å². The maximum Gasteiger partial charge on any atom is 0.336 e.